The van der Waals surface area contributed by atoms with E-state index in [1.807, 2.05) is 0 Å². The third-order valence-corrected chi connectivity index (χ3v) is 4.45. The summed E-state index contributed by atoms with van der Waals surface area (Å²) in [4.78, 5) is 17.8. The van der Waals surface area contributed by atoms with E-state index < -0.39 is 11.9 Å². The molecule has 28 heavy (non-hydrogen) atoms. The third kappa shape index (κ3) is 4.61. The van der Waals surface area contributed by atoms with Crippen molar-refractivity contribution >= 4 is 5.91 Å². The number of pyridine rings is 1. The number of hydrogen-bond acceptors (Lipinski definition) is 4. The lowest BCUT2D eigenvalue weighted by Crippen LogP contribution is -2.46. The number of likely N-dealkylation sites (N-methyl/N-ethyl adjacent to an activating group) is 1. The minimum atomic E-state index is -4.75. The molecule has 0 bridgehead atoms. The molecule has 2 N–H and O–H groups in total. The monoisotopic (exact) mass is 389 g/mol. The smallest absolute Gasteiger partial charge is 0.406 e. The number of alkyl halides is 3. The van der Waals surface area contributed by atoms with Crippen LogP contribution in [0.3, 0.4) is 0 Å². The molecule has 1 aliphatic heterocycles. The SMILES string of the molecule is CN1CCC(N)(CC#Cc2cc(-c3cccc(OC(F)(F)F)c3)ccn2)C1=O. The van der Waals surface area contributed by atoms with Gasteiger partial charge in [0.05, 0.1) is 0 Å². The zero-order chi connectivity index (χ0) is 20.4. The Morgan fingerprint density at radius 2 is 2.04 bits per heavy atom. The number of likely N-dealkylation sites (tertiary alicyclic amines) is 1. The van der Waals surface area contributed by atoms with E-state index in [2.05, 4.69) is 21.6 Å². The van der Waals surface area contributed by atoms with E-state index in [0.717, 1.165) is 0 Å². The maximum absolute atomic E-state index is 12.4. The topological polar surface area (TPSA) is 68.4 Å². The van der Waals surface area contributed by atoms with E-state index in [0.29, 0.717) is 29.8 Å². The first-order valence-corrected chi connectivity index (χ1v) is 8.52. The highest BCUT2D eigenvalue weighted by atomic mass is 19.4. The van der Waals surface area contributed by atoms with Crippen LogP contribution in [0.15, 0.2) is 42.6 Å². The van der Waals surface area contributed by atoms with Crippen molar-refractivity contribution in [3.05, 3.63) is 48.3 Å². The van der Waals surface area contributed by atoms with Gasteiger partial charge in [0.25, 0.3) is 0 Å². The van der Waals surface area contributed by atoms with Gasteiger partial charge in [-0.25, -0.2) is 4.98 Å². The molecule has 0 spiro atoms. The van der Waals surface area contributed by atoms with Crippen LogP contribution in [0.4, 0.5) is 13.2 Å². The molecule has 2 heterocycles. The van der Waals surface area contributed by atoms with Crippen molar-refractivity contribution in [3.63, 3.8) is 0 Å². The largest absolute Gasteiger partial charge is 0.573 e. The molecule has 146 valence electrons. The number of ether oxygens (including phenoxy) is 1. The van der Waals surface area contributed by atoms with E-state index >= 15 is 0 Å². The number of rotatable bonds is 3. The van der Waals surface area contributed by atoms with Crippen LogP contribution in [-0.2, 0) is 4.79 Å². The molecular weight excluding hydrogens is 371 g/mol. The van der Waals surface area contributed by atoms with Gasteiger partial charge in [-0.15, -0.1) is 13.2 Å². The Morgan fingerprint density at radius 3 is 2.71 bits per heavy atom. The van der Waals surface area contributed by atoms with Crippen LogP contribution in [0, 0.1) is 11.8 Å². The predicted molar refractivity (Wildman–Crippen MR) is 97.0 cm³/mol. The fourth-order valence-electron chi connectivity index (χ4n) is 2.96. The zero-order valence-corrected chi connectivity index (χ0v) is 15.1. The first kappa shape index (κ1) is 19.7. The highest BCUT2D eigenvalue weighted by Crippen LogP contribution is 2.28. The molecule has 8 heteroatoms. The van der Waals surface area contributed by atoms with Crippen molar-refractivity contribution in [1.29, 1.82) is 0 Å². The van der Waals surface area contributed by atoms with Gasteiger partial charge in [-0.05, 0) is 47.7 Å². The highest BCUT2D eigenvalue weighted by molar-refractivity contribution is 5.88. The molecule has 1 unspecified atom stereocenters. The summed E-state index contributed by atoms with van der Waals surface area (Å²) in [6.07, 6.45) is -2.49. The van der Waals surface area contributed by atoms with E-state index in [1.165, 1.54) is 24.4 Å². The summed E-state index contributed by atoms with van der Waals surface area (Å²) >= 11 is 0. The minimum Gasteiger partial charge on any atom is -0.406 e. The standard InChI is InChI=1S/C20H18F3N3O2/c1-26-11-9-19(24,18(26)27)8-3-5-16-12-15(7-10-25-16)14-4-2-6-17(13-14)28-20(21,22)23/h2,4,6-7,10,12-13H,8-9,11,24H2,1H3. The van der Waals surface area contributed by atoms with Crippen molar-refractivity contribution in [2.75, 3.05) is 13.6 Å². The fourth-order valence-corrected chi connectivity index (χ4v) is 2.96. The second-order valence-electron chi connectivity index (χ2n) is 6.62. The van der Waals surface area contributed by atoms with Gasteiger partial charge in [0, 0.05) is 26.2 Å². The quantitative estimate of drug-likeness (QED) is 0.820. The summed E-state index contributed by atoms with van der Waals surface area (Å²) in [5.41, 5.74) is 6.76. The van der Waals surface area contributed by atoms with Crippen LogP contribution in [0.25, 0.3) is 11.1 Å². The van der Waals surface area contributed by atoms with Crippen molar-refractivity contribution in [1.82, 2.24) is 9.88 Å². The van der Waals surface area contributed by atoms with Crippen LogP contribution in [0.1, 0.15) is 18.5 Å². The third-order valence-electron chi connectivity index (χ3n) is 4.45. The molecule has 1 aromatic heterocycles. The molecule has 1 aromatic carbocycles. The van der Waals surface area contributed by atoms with Crippen LogP contribution in [-0.4, -0.2) is 41.3 Å². The summed E-state index contributed by atoms with van der Waals surface area (Å²) in [6, 6.07) is 8.99. The normalized spacial score (nSPS) is 19.3. The van der Waals surface area contributed by atoms with Gasteiger partial charge in [0.1, 0.15) is 17.0 Å². The maximum Gasteiger partial charge on any atom is 0.573 e. The molecule has 3 rings (SSSR count). The number of amides is 1. The number of carbonyl (C=O) groups excluding carboxylic acids is 1. The Morgan fingerprint density at radius 1 is 1.29 bits per heavy atom. The zero-order valence-electron chi connectivity index (χ0n) is 15.1. The van der Waals surface area contributed by atoms with Crippen LogP contribution in [0.5, 0.6) is 5.75 Å². The van der Waals surface area contributed by atoms with Crippen LogP contribution < -0.4 is 10.5 Å². The average molecular weight is 389 g/mol. The number of hydrogen-bond donors (Lipinski definition) is 1. The Bertz CT molecular complexity index is 949. The van der Waals surface area contributed by atoms with Gasteiger partial charge < -0.3 is 15.4 Å². The number of nitrogens with two attached hydrogens (primary N) is 1. The fraction of sp³-hybridized carbons (Fsp3) is 0.300. The summed E-state index contributed by atoms with van der Waals surface area (Å²) < 4.78 is 41.2. The summed E-state index contributed by atoms with van der Waals surface area (Å²) in [6.45, 7) is 0.598. The predicted octanol–water partition coefficient (Wildman–Crippen LogP) is 2.95. The number of carbonyl (C=O) groups is 1. The lowest BCUT2D eigenvalue weighted by molar-refractivity contribution is -0.274. The van der Waals surface area contributed by atoms with Crippen molar-refractivity contribution in [3.8, 4) is 28.7 Å². The van der Waals surface area contributed by atoms with E-state index in [-0.39, 0.29) is 18.1 Å². The number of aromatic nitrogens is 1. The van der Waals surface area contributed by atoms with Gasteiger partial charge in [-0.1, -0.05) is 18.1 Å². The van der Waals surface area contributed by atoms with E-state index in [4.69, 9.17) is 5.73 Å². The highest BCUT2D eigenvalue weighted by Gasteiger charge is 2.41. The van der Waals surface area contributed by atoms with Crippen LogP contribution >= 0.6 is 0 Å². The van der Waals surface area contributed by atoms with Gasteiger partial charge >= 0.3 is 6.36 Å². The molecule has 1 aliphatic rings. The Hall–Kier alpha value is -3.05. The van der Waals surface area contributed by atoms with E-state index in [1.54, 1.807) is 30.1 Å². The first-order valence-electron chi connectivity index (χ1n) is 8.52. The Balaban J connectivity index is 1.77. The molecule has 1 amide bonds. The number of nitrogens with zero attached hydrogens (tertiary/aromatic N) is 2. The van der Waals surface area contributed by atoms with Gasteiger partial charge in [-0.2, -0.15) is 0 Å². The maximum atomic E-state index is 12.4. The Kier molecular flexibility index (Phi) is 5.29. The first-order chi connectivity index (χ1) is 13.2. The molecular formula is C20H18F3N3O2. The molecule has 0 aliphatic carbocycles. The van der Waals surface area contributed by atoms with Gasteiger partial charge in [0.15, 0.2) is 0 Å². The van der Waals surface area contributed by atoms with Gasteiger partial charge in [0.2, 0.25) is 5.91 Å². The molecule has 0 saturated carbocycles. The lowest BCUT2D eigenvalue weighted by atomic mass is 9.95. The average Bonchev–Trinajstić information content (AvgIpc) is 2.89. The second kappa shape index (κ2) is 7.52. The number of halogens is 3. The lowest BCUT2D eigenvalue weighted by Gasteiger charge is -2.18. The Labute approximate surface area is 160 Å². The second-order valence-corrected chi connectivity index (χ2v) is 6.62. The van der Waals surface area contributed by atoms with Crippen molar-refractivity contribution in [2.24, 2.45) is 5.73 Å². The van der Waals surface area contributed by atoms with Crippen molar-refractivity contribution < 1.29 is 22.7 Å². The summed E-state index contributed by atoms with van der Waals surface area (Å²) in [5.74, 6) is 5.33. The molecule has 1 fully saturated rings. The summed E-state index contributed by atoms with van der Waals surface area (Å²) in [7, 11) is 1.70. The molecule has 5 nitrogen and oxygen atoms in total. The molecule has 0 radical (unpaired) electrons. The minimum absolute atomic E-state index is 0.134. The van der Waals surface area contributed by atoms with Crippen molar-refractivity contribution in [2.45, 2.75) is 24.7 Å². The van der Waals surface area contributed by atoms with Crippen LogP contribution in [0.2, 0.25) is 0 Å². The molecule has 1 saturated heterocycles. The van der Waals surface area contributed by atoms with Gasteiger partial charge in [-0.3, -0.25) is 4.79 Å². The molecule has 1 atom stereocenters. The molecule has 2 aromatic rings. The van der Waals surface area contributed by atoms with E-state index in [9.17, 15) is 18.0 Å². The summed E-state index contributed by atoms with van der Waals surface area (Å²) in [5, 5.41) is 0. The number of benzene rings is 1.